The topological polar surface area (TPSA) is 0 Å². The van der Waals surface area contributed by atoms with E-state index in [9.17, 15) is 0 Å². The lowest BCUT2D eigenvalue weighted by atomic mass is 10.1. The van der Waals surface area contributed by atoms with E-state index in [1.165, 1.54) is 32.2 Å². The minimum Gasteiger partial charge on any atom is -0.0585 e. The van der Waals surface area contributed by atoms with E-state index in [0.29, 0.717) is 0 Å². The Labute approximate surface area is 89.2 Å². The molecule has 0 radical (unpaired) electrons. The van der Waals surface area contributed by atoms with Crippen molar-refractivity contribution < 1.29 is 0 Å². The molecule has 0 aliphatic rings. The highest BCUT2D eigenvalue weighted by molar-refractivity contribution is 7.15. The van der Waals surface area contributed by atoms with Gasteiger partial charge in [-0.05, 0) is 36.5 Å². The van der Waals surface area contributed by atoms with Crippen molar-refractivity contribution in [2.45, 2.75) is 20.3 Å². The fraction of sp³-hybridized carbons (Fsp3) is 0.231. The maximum atomic E-state index is 2.25. The highest BCUT2D eigenvalue weighted by Crippen LogP contribution is 2.28. The predicted molar refractivity (Wildman–Crippen MR) is 65.3 cm³/mol. The van der Waals surface area contributed by atoms with Crippen molar-refractivity contribution in [2.75, 3.05) is 0 Å². The minimum absolute atomic E-state index is 1.16. The molecule has 1 aromatic carbocycles. The van der Waals surface area contributed by atoms with Crippen molar-refractivity contribution in [3.05, 3.63) is 46.8 Å². The molecule has 0 bridgehead atoms. The molecule has 72 valence electrons. The molecule has 0 amide bonds. The van der Waals surface area contributed by atoms with Gasteiger partial charge in [0, 0.05) is 18.1 Å². The van der Waals surface area contributed by atoms with Gasteiger partial charge < -0.3 is 0 Å². The van der Waals surface area contributed by atoms with E-state index in [-0.39, 0.29) is 0 Å². The van der Waals surface area contributed by atoms with E-state index >= 15 is 0 Å². The van der Waals surface area contributed by atoms with Crippen LogP contribution in [0.25, 0.3) is 10.4 Å². The van der Waals surface area contributed by atoms with Gasteiger partial charge in [-0.1, -0.05) is 24.6 Å². The zero-order valence-corrected chi connectivity index (χ0v) is 9.51. The Morgan fingerprint density at radius 2 is 1.71 bits per heavy atom. The summed E-state index contributed by atoms with van der Waals surface area (Å²) in [5, 5.41) is 0. The Bertz CT molecular complexity index is 409. The highest BCUT2D eigenvalue weighted by Gasteiger charge is 2.08. The molecule has 0 aliphatic carbocycles. The lowest BCUT2D eigenvalue weighted by Gasteiger charge is -1.93. The SMILES string of the molecule is CCc1ccc(-c2ccc(C)cc2)[sH+]1. The van der Waals surface area contributed by atoms with Gasteiger partial charge in [-0.25, -0.2) is 0 Å². The third kappa shape index (κ3) is 1.88. The van der Waals surface area contributed by atoms with Crippen molar-refractivity contribution in [1.82, 2.24) is 0 Å². The van der Waals surface area contributed by atoms with Crippen LogP contribution in [0.3, 0.4) is 0 Å². The first-order valence-corrected chi connectivity index (χ1v) is 5.88. The Balaban J connectivity index is 2.34. The van der Waals surface area contributed by atoms with Crippen LogP contribution < -0.4 is 0 Å². The molecule has 1 heterocycles. The molecule has 0 saturated heterocycles. The van der Waals surface area contributed by atoms with Crippen LogP contribution in [0, 0.1) is 6.92 Å². The average Bonchev–Trinajstić information content (AvgIpc) is 2.67. The van der Waals surface area contributed by atoms with Crippen molar-refractivity contribution >= 4 is 11.3 Å². The molecule has 0 aliphatic heterocycles. The van der Waals surface area contributed by atoms with Crippen LogP contribution in [0.1, 0.15) is 17.4 Å². The molecule has 0 N–H and O–H groups in total. The number of rotatable bonds is 2. The predicted octanol–water partition coefficient (Wildman–Crippen LogP) is 4.02. The second-order valence-electron chi connectivity index (χ2n) is 3.54. The fourth-order valence-electron chi connectivity index (χ4n) is 1.49. The normalized spacial score (nSPS) is 10.4. The Morgan fingerprint density at radius 1 is 1.00 bits per heavy atom. The number of hydrogen-bond acceptors (Lipinski definition) is 0. The first-order valence-electron chi connectivity index (χ1n) is 4.99. The van der Waals surface area contributed by atoms with Gasteiger partial charge in [-0.3, -0.25) is 0 Å². The fourth-order valence-corrected chi connectivity index (χ4v) is 2.53. The summed E-state index contributed by atoms with van der Waals surface area (Å²) < 4.78 is 0. The van der Waals surface area contributed by atoms with Crippen LogP contribution in [-0.4, -0.2) is 0 Å². The van der Waals surface area contributed by atoms with E-state index in [2.05, 4.69) is 50.2 Å². The molecule has 0 spiro atoms. The summed E-state index contributed by atoms with van der Waals surface area (Å²) in [7, 11) is 0. The third-order valence-electron chi connectivity index (χ3n) is 2.41. The van der Waals surface area contributed by atoms with Gasteiger partial charge in [0.15, 0.2) is 4.88 Å². The van der Waals surface area contributed by atoms with E-state index in [1.807, 2.05) is 0 Å². The molecular formula is C13H15S+. The first kappa shape index (κ1) is 9.47. The van der Waals surface area contributed by atoms with Crippen LogP contribution >= 0.6 is 11.3 Å². The molecule has 2 rings (SSSR count). The summed E-state index contributed by atoms with van der Waals surface area (Å²) in [6, 6.07) is 13.3. The highest BCUT2D eigenvalue weighted by atomic mass is 32.1. The molecular weight excluding hydrogens is 188 g/mol. The van der Waals surface area contributed by atoms with Crippen LogP contribution in [0.2, 0.25) is 0 Å². The molecule has 0 saturated carbocycles. The van der Waals surface area contributed by atoms with E-state index < -0.39 is 0 Å². The zero-order valence-electron chi connectivity index (χ0n) is 8.62. The smallest absolute Gasteiger partial charge is 0.0585 e. The number of thiophene rings is 1. The van der Waals surface area contributed by atoms with Crippen molar-refractivity contribution in [3.8, 4) is 10.4 Å². The van der Waals surface area contributed by atoms with Gasteiger partial charge in [-0.15, -0.1) is 0 Å². The summed E-state index contributed by atoms with van der Waals surface area (Å²) >= 11 is 1.39. The maximum absolute atomic E-state index is 2.25. The van der Waals surface area contributed by atoms with Crippen LogP contribution in [0.4, 0.5) is 0 Å². The Hall–Kier alpha value is -1.08. The lowest BCUT2D eigenvalue weighted by molar-refractivity contribution is 1.19. The third-order valence-corrected chi connectivity index (χ3v) is 3.81. The largest absolute Gasteiger partial charge is 0.178 e. The number of hydrogen-bond donors (Lipinski definition) is 0. The summed E-state index contributed by atoms with van der Waals surface area (Å²) in [4.78, 5) is 2.95. The number of benzene rings is 1. The second kappa shape index (κ2) is 3.97. The molecule has 0 nitrogen and oxygen atoms in total. The average molecular weight is 203 g/mol. The molecule has 1 heteroatoms. The van der Waals surface area contributed by atoms with E-state index in [4.69, 9.17) is 0 Å². The number of aryl methyl sites for hydroxylation is 2. The molecule has 0 atom stereocenters. The summed E-state index contributed by atoms with van der Waals surface area (Å²) in [6.07, 6.45) is 1.16. The van der Waals surface area contributed by atoms with Crippen LogP contribution in [0.5, 0.6) is 0 Å². The molecule has 0 fully saturated rings. The molecule has 2 aromatic rings. The maximum Gasteiger partial charge on any atom is 0.178 e. The van der Waals surface area contributed by atoms with Gasteiger partial charge >= 0.3 is 0 Å². The summed E-state index contributed by atoms with van der Waals surface area (Å²) in [5.74, 6) is 0. The van der Waals surface area contributed by atoms with Crippen molar-refractivity contribution in [1.29, 1.82) is 0 Å². The van der Waals surface area contributed by atoms with Gasteiger partial charge in [0.25, 0.3) is 0 Å². The summed E-state index contributed by atoms with van der Waals surface area (Å²) in [6.45, 7) is 4.34. The van der Waals surface area contributed by atoms with Crippen molar-refractivity contribution in [2.24, 2.45) is 0 Å². The standard InChI is InChI=1S/C13H14S/c1-3-12-8-9-13(14-12)11-6-4-10(2)5-7-11/h4-9H,3H2,1-2H3/p+1. The Morgan fingerprint density at radius 3 is 2.29 bits per heavy atom. The van der Waals surface area contributed by atoms with E-state index in [0.717, 1.165) is 6.42 Å². The zero-order chi connectivity index (χ0) is 9.97. The summed E-state index contributed by atoms with van der Waals surface area (Å²) in [5.41, 5.74) is 2.68. The molecule has 1 aromatic heterocycles. The van der Waals surface area contributed by atoms with Crippen molar-refractivity contribution in [3.63, 3.8) is 0 Å². The second-order valence-corrected chi connectivity index (χ2v) is 4.82. The van der Waals surface area contributed by atoms with E-state index in [1.54, 1.807) is 0 Å². The lowest BCUT2D eigenvalue weighted by Crippen LogP contribution is -1.73. The van der Waals surface area contributed by atoms with Crippen LogP contribution in [0.15, 0.2) is 36.4 Å². The molecule has 0 unspecified atom stereocenters. The van der Waals surface area contributed by atoms with Crippen LogP contribution in [-0.2, 0) is 6.42 Å². The minimum atomic E-state index is 1.16. The van der Waals surface area contributed by atoms with Gasteiger partial charge in [0.1, 0.15) is 4.88 Å². The van der Waals surface area contributed by atoms with Gasteiger partial charge in [0.05, 0.1) is 0 Å². The quantitative estimate of drug-likeness (QED) is 0.647. The Kier molecular flexibility index (Phi) is 2.69. The van der Waals surface area contributed by atoms with Gasteiger partial charge in [0.2, 0.25) is 0 Å². The first-order chi connectivity index (χ1) is 6.79. The monoisotopic (exact) mass is 203 g/mol. The van der Waals surface area contributed by atoms with Gasteiger partial charge in [-0.2, -0.15) is 0 Å². The molecule has 14 heavy (non-hydrogen) atoms.